The van der Waals surface area contributed by atoms with Crippen molar-refractivity contribution in [3.8, 4) is 5.75 Å². The lowest BCUT2D eigenvalue weighted by atomic mass is 9.99. The molecule has 1 heterocycles. The van der Waals surface area contributed by atoms with Gasteiger partial charge in [-0.1, -0.05) is 32.4 Å². The molecule has 106 valence electrons. The van der Waals surface area contributed by atoms with Crippen molar-refractivity contribution in [3.05, 3.63) is 29.8 Å². The third-order valence-corrected chi connectivity index (χ3v) is 4.19. The van der Waals surface area contributed by atoms with Crippen molar-refractivity contribution < 1.29 is 5.11 Å². The molecule has 2 N–H and O–H groups in total. The molecule has 0 amide bonds. The van der Waals surface area contributed by atoms with Gasteiger partial charge >= 0.3 is 0 Å². The Labute approximate surface area is 116 Å². The minimum Gasteiger partial charge on any atom is -0.508 e. The zero-order chi connectivity index (χ0) is 13.7. The van der Waals surface area contributed by atoms with Crippen LogP contribution in [0, 0.1) is 5.92 Å². The number of phenolic OH excluding ortho intramolecular Hbond substituents is 1. The minimum atomic E-state index is 0.346. The summed E-state index contributed by atoms with van der Waals surface area (Å²) in [5.74, 6) is 1.07. The van der Waals surface area contributed by atoms with Crippen LogP contribution in [-0.4, -0.2) is 35.7 Å². The van der Waals surface area contributed by atoms with Crippen molar-refractivity contribution >= 4 is 0 Å². The highest BCUT2D eigenvalue weighted by molar-refractivity contribution is 5.25. The quantitative estimate of drug-likeness (QED) is 0.875. The third kappa shape index (κ3) is 4.22. The Morgan fingerprint density at radius 2 is 2.11 bits per heavy atom. The summed E-state index contributed by atoms with van der Waals surface area (Å²) < 4.78 is 0. The van der Waals surface area contributed by atoms with Crippen molar-refractivity contribution in [1.82, 2.24) is 10.2 Å². The van der Waals surface area contributed by atoms with Gasteiger partial charge in [-0.2, -0.15) is 0 Å². The van der Waals surface area contributed by atoms with Crippen LogP contribution in [0.15, 0.2) is 24.3 Å². The van der Waals surface area contributed by atoms with Crippen molar-refractivity contribution in [3.63, 3.8) is 0 Å². The molecule has 0 bridgehead atoms. The average molecular weight is 262 g/mol. The summed E-state index contributed by atoms with van der Waals surface area (Å²) in [7, 11) is 0. The lowest BCUT2D eigenvalue weighted by molar-refractivity contribution is 0.231. The number of rotatable bonds is 4. The highest BCUT2D eigenvalue weighted by Gasteiger charge is 2.21. The van der Waals surface area contributed by atoms with Gasteiger partial charge in [0.25, 0.3) is 0 Å². The molecule has 19 heavy (non-hydrogen) atoms. The number of hydrogen-bond donors (Lipinski definition) is 2. The first-order valence-electron chi connectivity index (χ1n) is 7.42. The van der Waals surface area contributed by atoms with E-state index in [2.05, 4.69) is 24.1 Å². The Kier molecular flexibility index (Phi) is 5.23. The first kappa shape index (κ1) is 14.4. The molecule has 0 aliphatic carbocycles. The molecular weight excluding hydrogens is 236 g/mol. The number of nitrogens with zero attached hydrogens (tertiary/aromatic N) is 1. The summed E-state index contributed by atoms with van der Waals surface area (Å²) in [6.45, 7) is 8.98. The highest BCUT2D eigenvalue weighted by Crippen LogP contribution is 2.16. The molecule has 3 nitrogen and oxygen atoms in total. The molecule has 0 aromatic heterocycles. The molecule has 1 aliphatic heterocycles. The summed E-state index contributed by atoms with van der Waals surface area (Å²) in [6.07, 6.45) is 2.44. The van der Waals surface area contributed by atoms with Crippen LogP contribution in [-0.2, 0) is 6.54 Å². The van der Waals surface area contributed by atoms with Crippen LogP contribution >= 0.6 is 0 Å². The highest BCUT2D eigenvalue weighted by atomic mass is 16.3. The van der Waals surface area contributed by atoms with Gasteiger partial charge in [-0.3, -0.25) is 4.90 Å². The second-order valence-electron chi connectivity index (χ2n) is 5.70. The second-order valence-corrected chi connectivity index (χ2v) is 5.70. The Morgan fingerprint density at radius 3 is 2.79 bits per heavy atom. The monoisotopic (exact) mass is 262 g/mol. The summed E-state index contributed by atoms with van der Waals surface area (Å²) in [5, 5.41) is 13.0. The van der Waals surface area contributed by atoms with Gasteiger partial charge in [-0.25, -0.2) is 0 Å². The van der Waals surface area contributed by atoms with E-state index in [1.165, 1.54) is 18.4 Å². The lowest BCUT2D eigenvalue weighted by Gasteiger charge is -2.28. The first-order valence-corrected chi connectivity index (χ1v) is 7.42. The molecule has 2 unspecified atom stereocenters. The van der Waals surface area contributed by atoms with E-state index >= 15 is 0 Å². The third-order valence-electron chi connectivity index (χ3n) is 4.19. The minimum absolute atomic E-state index is 0.346. The van der Waals surface area contributed by atoms with Gasteiger partial charge in [0.2, 0.25) is 0 Å². The zero-order valence-electron chi connectivity index (χ0n) is 12.1. The van der Waals surface area contributed by atoms with Crippen LogP contribution in [0.3, 0.4) is 0 Å². The molecule has 3 heteroatoms. The van der Waals surface area contributed by atoms with Crippen molar-refractivity contribution in [2.75, 3.05) is 19.6 Å². The molecule has 0 spiro atoms. The van der Waals surface area contributed by atoms with Crippen LogP contribution in [0.2, 0.25) is 0 Å². The van der Waals surface area contributed by atoms with Crippen LogP contribution in [0.1, 0.15) is 32.3 Å². The number of benzene rings is 1. The van der Waals surface area contributed by atoms with E-state index in [1.54, 1.807) is 12.1 Å². The van der Waals surface area contributed by atoms with Gasteiger partial charge in [0.1, 0.15) is 5.75 Å². The molecule has 1 aliphatic rings. The second kappa shape index (κ2) is 6.92. The zero-order valence-corrected chi connectivity index (χ0v) is 12.1. The van der Waals surface area contributed by atoms with Crippen LogP contribution in [0.4, 0.5) is 0 Å². The molecule has 2 rings (SSSR count). The Balaban J connectivity index is 1.96. The summed E-state index contributed by atoms with van der Waals surface area (Å²) in [6, 6.07) is 8.19. The standard InChI is InChI=1S/C16H26N2O/c1-3-13(2)16-12-18(10-4-9-17-16)11-14-5-7-15(19)8-6-14/h5-8,13,16-17,19H,3-4,9-12H2,1-2H3. The van der Waals surface area contributed by atoms with Crippen LogP contribution in [0.5, 0.6) is 5.75 Å². The SMILES string of the molecule is CCC(C)C1CN(Cc2ccc(O)cc2)CCCN1. The number of phenols is 1. The molecule has 1 aromatic rings. The van der Waals surface area contributed by atoms with Gasteiger partial charge in [0, 0.05) is 19.1 Å². The smallest absolute Gasteiger partial charge is 0.115 e. The van der Waals surface area contributed by atoms with Gasteiger partial charge in [0.15, 0.2) is 0 Å². The fourth-order valence-corrected chi connectivity index (χ4v) is 2.69. The van der Waals surface area contributed by atoms with Crippen molar-refractivity contribution in [2.24, 2.45) is 5.92 Å². The largest absolute Gasteiger partial charge is 0.508 e. The molecule has 0 saturated carbocycles. The summed E-state index contributed by atoms with van der Waals surface area (Å²) in [4.78, 5) is 2.53. The molecule has 1 saturated heterocycles. The maximum absolute atomic E-state index is 9.33. The van der Waals surface area contributed by atoms with E-state index in [0.29, 0.717) is 11.8 Å². The predicted octanol–water partition coefficient (Wildman–Crippen LogP) is 2.60. The fourth-order valence-electron chi connectivity index (χ4n) is 2.69. The molecule has 1 aromatic carbocycles. The van der Waals surface area contributed by atoms with E-state index in [1.807, 2.05) is 12.1 Å². The fraction of sp³-hybridized carbons (Fsp3) is 0.625. The number of nitrogens with one attached hydrogen (secondary N) is 1. The van der Waals surface area contributed by atoms with Crippen LogP contribution in [0.25, 0.3) is 0 Å². The van der Waals surface area contributed by atoms with Crippen LogP contribution < -0.4 is 5.32 Å². The average Bonchev–Trinajstić information content (AvgIpc) is 2.66. The topological polar surface area (TPSA) is 35.5 Å². The number of hydrogen-bond acceptors (Lipinski definition) is 3. The molecular formula is C16H26N2O. The van der Waals surface area contributed by atoms with E-state index < -0.39 is 0 Å². The van der Waals surface area contributed by atoms with Gasteiger partial charge < -0.3 is 10.4 Å². The van der Waals surface area contributed by atoms with E-state index in [-0.39, 0.29) is 0 Å². The Bertz CT molecular complexity index is 377. The Morgan fingerprint density at radius 1 is 1.37 bits per heavy atom. The van der Waals surface area contributed by atoms with Crippen molar-refractivity contribution in [1.29, 1.82) is 0 Å². The van der Waals surface area contributed by atoms with Crippen molar-refractivity contribution in [2.45, 2.75) is 39.3 Å². The van der Waals surface area contributed by atoms with Gasteiger partial charge in [0.05, 0.1) is 0 Å². The summed E-state index contributed by atoms with van der Waals surface area (Å²) in [5.41, 5.74) is 1.28. The number of aromatic hydroxyl groups is 1. The van der Waals surface area contributed by atoms with E-state index in [0.717, 1.165) is 32.1 Å². The summed E-state index contributed by atoms with van der Waals surface area (Å²) >= 11 is 0. The van der Waals surface area contributed by atoms with Gasteiger partial charge in [-0.05, 0) is 43.1 Å². The van der Waals surface area contributed by atoms with E-state index in [4.69, 9.17) is 0 Å². The van der Waals surface area contributed by atoms with E-state index in [9.17, 15) is 5.11 Å². The molecule has 2 atom stereocenters. The maximum atomic E-state index is 9.33. The normalized spacial score (nSPS) is 22.9. The lowest BCUT2D eigenvalue weighted by Crippen LogP contribution is -2.41. The molecule has 0 radical (unpaired) electrons. The first-order chi connectivity index (χ1) is 9.19. The predicted molar refractivity (Wildman–Crippen MR) is 79.2 cm³/mol. The molecule has 1 fully saturated rings. The van der Waals surface area contributed by atoms with Gasteiger partial charge in [-0.15, -0.1) is 0 Å². The maximum Gasteiger partial charge on any atom is 0.115 e. The Hall–Kier alpha value is -1.06.